The number of carbonyl (C=O) groups is 1. The van der Waals surface area contributed by atoms with E-state index in [1.54, 1.807) is 49.2 Å². The second-order valence-electron chi connectivity index (χ2n) is 6.78. The minimum absolute atomic E-state index is 0.214. The van der Waals surface area contributed by atoms with Crippen molar-refractivity contribution in [3.8, 4) is 16.9 Å². The first-order valence-corrected chi connectivity index (χ1v) is 10.4. The van der Waals surface area contributed by atoms with Gasteiger partial charge in [-0.1, -0.05) is 17.4 Å². The van der Waals surface area contributed by atoms with Crippen molar-refractivity contribution in [2.24, 2.45) is 0 Å². The average Bonchev–Trinajstić information content (AvgIpc) is 3.47. The number of aromatic nitrogens is 4. The molecule has 0 aliphatic carbocycles. The van der Waals surface area contributed by atoms with E-state index >= 15 is 0 Å². The van der Waals surface area contributed by atoms with Crippen molar-refractivity contribution in [1.82, 2.24) is 19.9 Å². The largest absolute Gasteiger partial charge is 0.487 e. The molecular weight excluding hydrogens is 410 g/mol. The van der Waals surface area contributed by atoms with Crippen LogP contribution in [0.2, 0.25) is 0 Å². The lowest BCUT2D eigenvalue weighted by atomic mass is 10.1. The van der Waals surface area contributed by atoms with Crippen LogP contribution in [-0.4, -0.2) is 25.8 Å². The molecule has 152 valence electrons. The van der Waals surface area contributed by atoms with E-state index in [1.807, 2.05) is 24.3 Å². The van der Waals surface area contributed by atoms with Gasteiger partial charge < -0.3 is 9.72 Å². The standard InChI is InChI=1S/C23H17N5O2S/c29-22(16-1-4-19(5-2-16)30-13-18-12-25-14-26-18)28-23-27-20-6-3-17(11-21(20)31-23)15-7-9-24-10-8-15/h1-12,14H,13H2,(H,25,26)(H,27,28,29). The minimum atomic E-state index is -0.214. The molecule has 0 atom stereocenters. The first-order valence-electron chi connectivity index (χ1n) is 9.57. The van der Waals surface area contributed by atoms with Crippen molar-refractivity contribution >= 4 is 32.6 Å². The summed E-state index contributed by atoms with van der Waals surface area (Å²) in [5, 5.41) is 3.45. The molecule has 1 amide bonds. The molecule has 0 aliphatic rings. The third kappa shape index (κ3) is 4.29. The number of pyridine rings is 1. The van der Waals surface area contributed by atoms with Crippen LogP contribution >= 0.6 is 11.3 Å². The van der Waals surface area contributed by atoms with Gasteiger partial charge in [0.15, 0.2) is 5.13 Å². The van der Waals surface area contributed by atoms with Gasteiger partial charge in [0.25, 0.3) is 5.91 Å². The van der Waals surface area contributed by atoms with Crippen LogP contribution < -0.4 is 10.1 Å². The first kappa shape index (κ1) is 19.0. The highest BCUT2D eigenvalue weighted by Gasteiger charge is 2.11. The van der Waals surface area contributed by atoms with Gasteiger partial charge in [-0.2, -0.15) is 0 Å². The lowest BCUT2D eigenvalue weighted by Crippen LogP contribution is -2.11. The zero-order chi connectivity index (χ0) is 21.0. The number of nitrogens with one attached hydrogen (secondary N) is 2. The predicted molar refractivity (Wildman–Crippen MR) is 120 cm³/mol. The molecule has 2 aromatic carbocycles. The molecule has 0 fully saturated rings. The molecule has 0 saturated heterocycles. The Hall–Kier alpha value is -4.04. The Morgan fingerprint density at radius 2 is 1.84 bits per heavy atom. The van der Waals surface area contributed by atoms with Gasteiger partial charge in [0.2, 0.25) is 0 Å². The Kier molecular flexibility index (Phi) is 5.12. The summed E-state index contributed by atoms with van der Waals surface area (Å²) in [5.74, 6) is 0.461. The van der Waals surface area contributed by atoms with E-state index in [-0.39, 0.29) is 5.91 Å². The summed E-state index contributed by atoms with van der Waals surface area (Å²) in [7, 11) is 0. The lowest BCUT2D eigenvalue weighted by molar-refractivity contribution is 0.102. The summed E-state index contributed by atoms with van der Waals surface area (Å²) in [6.45, 7) is 0.388. The lowest BCUT2D eigenvalue weighted by Gasteiger charge is -2.06. The van der Waals surface area contributed by atoms with Crippen LogP contribution in [0, 0.1) is 0 Å². The summed E-state index contributed by atoms with van der Waals surface area (Å²) in [6.07, 6.45) is 6.85. The highest BCUT2D eigenvalue weighted by atomic mass is 32.1. The number of hydrogen-bond acceptors (Lipinski definition) is 6. The van der Waals surface area contributed by atoms with Crippen molar-refractivity contribution in [1.29, 1.82) is 0 Å². The van der Waals surface area contributed by atoms with Gasteiger partial charge in [-0.25, -0.2) is 9.97 Å². The van der Waals surface area contributed by atoms with Gasteiger partial charge in [0, 0.05) is 18.0 Å². The van der Waals surface area contributed by atoms with Crippen LogP contribution in [0.1, 0.15) is 16.1 Å². The van der Waals surface area contributed by atoms with Crippen LogP contribution in [0.5, 0.6) is 5.75 Å². The number of hydrogen-bond donors (Lipinski definition) is 2. The van der Waals surface area contributed by atoms with E-state index in [4.69, 9.17) is 4.74 Å². The van der Waals surface area contributed by atoms with Crippen LogP contribution in [0.4, 0.5) is 5.13 Å². The Morgan fingerprint density at radius 1 is 1.00 bits per heavy atom. The Bertz CT molecular complexity index is 1320. The molecule has 0 saturated carbocycles. The van der Waals surface area contributed by atoms with Crippen LogP contribution in [0.25, 0.3) is 21.3 Å². The maximum atomic E-state index is 12.6. The van der Waals surface area contributed by atoms with Gasteiger partial charge in [-0.05, 0) is 59.7 Å². The highest BCUT2D eigenvalue weighted by Crippen LogP contribution is 2.30. The maximum Gasteiger partial charge on any atom is 0.257 e. The number of rotatable bonds is 6. The van der Waals surface area contributed by atoms with Crippen LogP contribution in [0.15, 0.2) is 79.5 Å². The van der Waals surface area contributed by atoms with Crippen molar-refractivity contribution in [2.75, 3.05) is 5.32 Å². The molecule has 0 aliphatic heterocycles. The minimum Gasteiger partial charge on any atom is -0.487 e. The fourth-order valence-electron chi connectivity index (χ4n) is 3.10. The number of amides is 1. The molecule has 0 bridgehead atoms. The second kappa shape index (κ2) is 8.37. The topological polar surface area (TPSA) is 92.8 Å². The number of thiazole rings is 1. The number of benzene rings is 2. The predicted octanol–water partition coefficient (Wildman–Crippen LogP) is 4.91. The van der Waals surface area contributed by atoms with Gasteiger partial charge >= 0.3 is 0 Å². The SMILES string of the molecule is O=C(Nc1nc2ccc(-c3ccncc3)cc2s1)c1ccc(OCc2cnc[nH]2)cc1. The number of ether oxygens (including phenoxy) is 1. The van der Waals surface area contributed by atoms with E-state index in [9.17, 15) is 4.79 Å². The smallest absolute Gasteiger partial charge is 0.257 e. The second-order valence-corrected chi connectivity index (χ2v) is 7.81. The number of fused-ring (bicyclic) bond motifs is 1. The zero-order valence-corrected chi connectivity index (χ0v) is 17.1. The van der Waals surface area contributed by atoms with E-state index in [0.29, 0.717) is 23.1 Å². The van der Waals surface area contributed by atoms with Gasteiger partial charge in [0.1, 0.15) is 12.4 Å². The molecule has 7 nitrogen and oxygen atoms in total. The Labute approximate surface area is 181 Å². The molecular formula is C23H17N5O2S. The zero-order valence-electron chi connectivity index (χ0n) is 16.3. The van der Waals surface area contributed by atoms with Gasteiger partial charge in [-0.15, -0.1) is 0 Å². The average molecular weight is 427 g/mol. The summed E-state index contributed by atoms with van der Waals surface area (Å²) in [5.41, 5.74) is 4.43. The number of anilines is 1. The molecule has 0 radical (unpaired) electrons. The normalized spacial score (nSPS) is 10.8. The summed E-state index contributed by atoms with van der Waals surface area (Å²) in [4.78, 5) is 28.1. The molecule has 31 heavy (non-hydrogen) atoms. The molecule has 2 N–H and O–H groups in total. The number of nitrogens with zero attached hydrogens (tertiary/aromatic N) is 3. The van der Waals surface area contributed by atoms with Crippen LogP contribution in [0.3, 0.4) is 0 Å². The summed E-state index contributed by atoms with van der Waals surface area (Å²) < 4.78 is 6.68. The van der Waals surface area contributed by atoms with Crippen molar-refractivity contribution in [2.45, 2.75) is 6.61 Å². The van der Waals surface area contributed by atoms with E-state index in [0.717, 1.165) is 27.0 Å². The first-order chi connectivity index (χ1) is 15.2. The van der Waals surface area contributed by atoms with Crippen molar-refractivity contribution in [3.63, 3.8) is 0 Å². The van der Waals surface area contributed by atoms with E-state index in [2.05, 4.69) is 31.3 Å². The van der Waals surface area contributed by atoms with Gasteiger partial charge in [0.05, 0.1) is 28.4 Å². The number of carbonyl (C=O) groups excluding carboxylic acids is 1. The quantitative estimate of drug-likeness (QED) is 0.402. The highest BCUT2D eigenvalue weighted by molar-refractivity contribution is 7.22. The van der Waals surface area contributed by atoms with Crippen molar-refractivity contribution in [3.05, 3.63) is 90.8 Å². The van der Waals surface area contributed by atoms with Crippen molar-refractivity contribution < 1.29 is 9.53 Å². The maximum absolute atomic E-state index is 12.6. The van der Waals surface area contributed by atoms with Gasteiger partial charge in [-0.3, -0.25) is 15.1 Å². The number of aromatic amines is 1. The van der Waals surface area contributed by atoms with E-state index in [1.165, 1.54) is 11.3 Å². The molecule has 3 heterocycles. The number of H-pyrrole nitrogens is 1. The third-order valence-corrected chi connectivity index (χ3v) is 5.62. The molecule has 0 spiro atoms. The molecule has 8 heteroatoms. The summed E-state index contributed by atoms with van der Waals surface area (Å²) >= 11 is 1.45. The third-order valence-electron chi connectivity index (χ3n) is 4.69. The Balaban J connectivity index is 1.27. The molecule has 5 rings (SSSR count). The summed E-state index contributed by atoms with van der Waals surface area (Å²) in [6, 6.07) is 17.0. The van der Waals surface area contributed by atoms with E-state index < -0.39 is 0 Å². The fraction of sp³-hybridized carbons (Fsp3) is 0.0435. The Morgan fingerprint density at radius 3 is 2.61 bits per heavy atom. The number of imidazole rings is 1. The fourth-order valence-corrected chi connectivity index (χ4v) is 4.00. The molecule has 0 unspecified atom stereocenters. The van der Waals surface area contributed by atoms with Crippen LogP contribution in [-0.2, 0) is 6.61 Å². The molecule has 5 aromatic rings. The molecule has 3 aromatic heterocycles. The monoisotopic (exact) mass is 427 g/mol.